The minimum absolute atomic E-state index is 0.167. The SMILES string of the molecule is CC(=O)Nc1ccc(S(=O)(=O)N[C@@H](CCCc2ccccc2)c2ccccc2)cc1. The Balaban J connectivity index is 1.73. The van der Waals surface area contributed by atoms with Crippen LogP contribution in [-0.4, -0.2) is 14.3 Å². The molecule has 1 atom stereocenters. The number of hydrogen-bond acceptors (Lipinski definition) is 3. The van der Waals surface area contributed by atoms with Crippen LogP contribution in [0.3, 0.4) is 0 Å². The van der Waals surface area contributed by atoms with Crippen LogP contribution in [0.25, 0.3) is 0 Å². The minimum atomic E-state index is -3.71. The van der Waals surface area contributed by atoms with Crippen molar-refractivity contribution in [1.82, 2.24) is 4.72 Å². The molecule has 30 heavy (non-hydrogen) atoms. The van der Waals surface area contributed by atoms with Gasteiger partial charge in [0.25, 0.3) is 0 Å². The van der Waals surface area contributed by atoms with Crippen LogP contribution in [0.15, 0.2) is 89.8 Å². The van der Waals surface area contributed by atoms with Gasteiger partial charge in [-0.1, -0.05) is 60.7 Å². The number of nitrogens with one attached hydrogen (secondary N) is 2. The molecule has 6 heteroatoms. The van der Waals surface area contributed by atoms with E-state index < -0.39 is 10.0 Å². The Morgan fingerprint density at radius 3 is 2.07 bits per heavy atom. The molecule has 0 bridgehead atoms. The van der Waals surface area contributed by atoms with Gasteiger partial charge in [-0.2, -0.15) is 0 Å². The van der Waals surface area contributed by atoms with E-state index in [0.29, 0.717) is 12.1 Å². The molecule has 1 amide bonds. The lowest BCUT2D eigenvalue weighted by atomic mass is 10.00. The van der Waals surface area contributed by atoms with Gasteiger partial charge in [0.05, 0.1) is 4.90 Å². The Hall–Kier alpha value is -2.96. The molecule has 156 valence electrons. The number of hydrogen-bond donors (Lipinski definition) is 2. The van der Waals surface area contributed by atoms with E-state index in [4.69, 9.17) is 0 Å². The van der Waals surface area contributed by atoms with Gasteiger partial charge in [-0.15, -0.1) is 0 Å². The van der Waals surface area contributed by atoms with Gasteiger partial charge in [-0.05, 0) is 54.7 Å². The second kappa shape index (κ2) is 10.2. The fourth-order valence-corrected chi connectivity index (χ4v) is 4.57. The molecule has 0 radical (unpaired) electrons. The quantitative estimate of drug-likeness (QED) is 0.525. The lowest BCUT2D eigenvalue weighted by Gasteiger charge is -2.19. The molecule has 0 saturated heterocycles. The number of benzene rings is 3. The molecule has 0 aromatic heterocycles. The Kier molecular flexibility index (Phi) is 7.38. The lowest BCUT2D eigenvalue weighted by molar-refractivity contribution is -0.114. The van der Waals surface area contributed by atoms with Gasteiger partial charge >= 0.3 is 0 Å². The van der Waals surface area contributed by atoms with E-state index >= 15 is 0 Å². The van der Waals surface area contributed by atoms with Crippen molar-refractivity contribution in [3.05, 3.63) is 96.1 Å². The van der Waals surface area contributed by atoms with Gasteiger partial charge in [0.15, 0.2) is 0 Å². The van der Waals surface area contributed by atoms with Gasteiger partial charge in [0.2, 0.25) is 15.9 Å². The molecule has 0 heterocycles. The summed E-state index contributed by atoms with van der Waals surface area (Å²) in [6.07, 6.45) is 2.42. The number of carbonyl (C=O) groups excluding carboxylic acids is 1. The van der Waals surface area contributed by atoms with Crippen LogP contribution in [0, 0.1) is 0 Å². The predicted octanol–water partition coefficient (Wildman–Crippen LogP) is 4.69. The van der Waals surface area contributed by atoms with Crippen LogP contribution in [0.2, 0.25) is 0 Å². The highest BCUT2D eigenvalue weighted by Crippen LogP contribution is 2.23. The first-order chi connectivity index (χ1) is 14.4. The second-order valence-corrected chi connectivity index (χ2v) is 8.88. The maximum absolute atomic E-state index is 13.0. The van der Waals surface area contributed by atoms with Crippen molar-refractivity contribution in [1.29, 1.82) is 0 Å². The average Bonchev–Trinajstić information content (AvgIpc) is 2.74. The van der Waals surface area contributed by atoms with Gasteiger partial charge in [-0.3, -0.25) is 4.79 Å². The molecule has 5 nitrogen and oxygen atoms in total. The first-order valence-electron chi connectivity index (χ1n) is 9.93. The average molecular weight is 423 g/mol. The summed E-state index contributed by atoms with van der Waals surface area (Å²) in [4.78, 5) is 11.3. The smallest absolute Gasteiger partial charge is 0.241 e. The third-order valence-corrected chi connectivity index (χ3v) is 6.27. The molecular formula is C24H26N2O3S. The van der Waals surface area contributed by atoms with Gasteiger partial charge in [0.1, 0.15) is 0 Å². The van der Waals surface area contributed by atoms with E-state index in [1.54, 1.807) is 12.1 Å². The van der Waals surface area contributed by atoms with E-state index in [2.05, 4.69) is 22.2 Å². The zero-order chi connectivity index (χ0) is 21.4. The molecule has 3 aromatic carbocycles. The van der Waals surface area contributed by atoms with Crippen molar-refractivity contribution in [3.8, 4) is 0 Å². The van der Waals surface area contributed by atoms with Crippen LogP contribution in [0.5, 0.6) is 0 Å². The van der Waals surface area contributed by atoms with Crippen LogP contribution >= 0.6 is 0 Å². The fraction of sp³-hybridized carbons (Fsp3) is 0.208. The Morgan fingerprint density at radius 1 is 0.867 bits per heavy atom. The Labute approximate surface area is 178 Å². The summed E-state index contributed by atoms with van der Waals surface area (Å²) in [5, 5.41) is 2.64. The number of rotatable bonds is 9. The van der Waals surface area contributed by atoms with E-state index in [0.717, 1.165) is 18.4 Å². The van der Waals surface area contributed by atoms with Crippen molar-refractivity contribution in [2.45, 2.75) is 37.1 Å². The minimum Gasteiger partial charge on any atom is -0.326 e. The first-order valence-corrected chi connectivity index (χ1v) is 11.4. The van der Waals surface area contributed by atoms with Gasteiger partial charge < -0.3 is 5.32 Å². The van der Waals surface area contributed by atoms with Crippen molar-refractivity contribution in [2.75, 3.05) is 5.32 Å². The van der Waals surface area contributed by atoms with Crippen LogP contribution in [0.4, 0.5) is 5.69 Å². The summed E-state index contributed by atoms with van der Waals surface area (Å²) < 4.78 is 28.8. The monoisotopic (exact) mass is 422 g/mol. The van der Waals surface area contributed by atoms with E-state index in [-0.39, 0.29) is 16.8 Å². The van der Waals surface area contributed by atoms with Crippen LogP contribution in [-0.2, 0) is 21.2 Å². The van der Waals surface area contributed by atoms with Crippen molar-refractivity contribution in [3.63, 3.8) is 0 Å². The van der Waals surface area contributed by atoms with Crippen LogP contribution in [0.1, 0.15) is 36.9 Å². The third kappa shape index (κ3) is 6.27. The molecule has 3 aromatic rings. The maximum Gasteiger partial charge on any atom is 0.241 e. The van der Waals surface area contributed by atoms with E-state index in [9.17, 15) is 13.2 Å². The molecule has 0 fully saturated rings. The van der Waals surface area contributed by atoms with Crippen LogP contribution < -0.4 is 10.0 Å². The zero-order valence-electron chi connectivity index (χ0n) is 16.9. The molecule has 2 N–H and O–H groups in total. The highest BCUT2D eigenvalue weighted by Gasteiger charge is 2.21. The Morgan fingerprint density at radius 2 is 1.47 bits per heavy atom. The number of carbonyl (C=O) groups is 1. The summed E-state index contributed by atoms with van der Waals surface area (Å²) in [5.74, 6) is -0.203. The standard InChI is InChI=1S/C24H26N2O3S/c1-19(27)25-22-15-17-23(18-16-22)30(28,29)26-24(21-12-6-3-7-13-21)14-8-11-20-9-4-2-5-10-20/h2-7,9-10,12-13,15-18,24,26H,8,11,14H2,1H3,(H,25,27)/t24-/m0/s1. The number of amides is 1. The molecular weight excluding hydrogens is 396 g/mol. The highest BCUT2D eigenvalue weighted by atomic mass is 32.2. The molecule has 3 rings (SSSR count). The molecule has 0 saturated carbocycles. The Bertz CT molecular complexity index is 1050. The van der Waals surface area contributed by atoms with Crippen molar-refractivity contribution < 1.29 is 13.2 Å². The van der Waals surface area contributed by atoms with E-state index in [1.807, 2.05) is 48.5 Å². The van der Waals surface area contributed by atoms with Gasteiger partial charge in [0, 0.05) is 18.7 Å². The molecule has 0 aliphatic rings. The summed E-state index contributed by atoms with van der Waals surface area (Å²) in [5.41, 5.74) is 2.73. The highest BCUT2D eigenvalue weighted by molar-refractivity contribution is 7.89. The third-order valence-electron chi connectivity index (χ3n) is 4.79. The summed E-state index contributed by atoms with van der Waals surface area (Å²) in [7, 11) is -3.71. The van der Waals surface area contributed by atoms with Crippen molar-refractivity contribution >= 4 is 21.6 Å². The van der Waals surface area contributed by atoms with Crippen molar-refractivity contribution in [2.24, 2.45) is 0 Å². The largest absolute Gasteiger partial charge is 0.326 e. The predicted molar refractivity (Wildman–Crippen MR) is 120 cm³/mol. The molecule has 0 aliphatic carbocycles. The topological polar surface area (TPSA) is 75.3 Å². The summed E-state index contributed by atoms with van der Waals surface area (Å²) in [6, 6.07) is 25.6. The lowest BCUT2D eigenvalue weighted by Crippen LogP contribution is -2.29. The van der Waals surface area contributed by atoms with Gasteiger partial charge in [-0.25, -0.2) is 13.1 Å². The zero-order valence-corrected chi connectivity index (χ0v) is 17.7. The first kappa shape index (κ1) is 21.7. The molecule has 0 unspecified atom stereocenters. The van der Waals surface area contributed by atoms with E-state index in [1.165, 1.54) is 24.6 Å². The number of anilines is 1. The molecule has 0 aliphatic heterocycles. The fourth-order valence-electron chi connectivity index (χ4n) is 3.31. The number of aryl methyl sites for hydroxylation is 1. The number of sulfonamides is 1. The normalized spacial score (nSPS) is 12.3. The maximum atomic E-state index is 13.0. The summed E-state index contributed by atoms with van der Waals surface area (Å²) >= 11 is 0. The molecule has 0 spiro atoms. The summed E-state index contributed by atoms with van der Waals surface area (Å²) in [6.45, 7) is 1.41. The second-order valence-electron chi connectivity index (χ2n) is 7.17.